The van der Waals surface area contributed by atoms with Crippen molar-refractivity contribution in [1.82, 2.24) is 19.4 Å². The third-order valence-corrected chi connectivity index (χ3v) is 5.16. The van der Waals surface area contributed by atoms with Crippen LogP contribution in [-0.2, 0) is 6.54 Å². The molecule has 6 nitrogen and oxygen atoms in total. The van der Waals surface area contributed by atoms with E-state index in [4.69, 9.17) is 0 Å². The molecule has 6 heteroatoms. The van der Waals surface area contributed by atoms with Gasteiger partial charge >= 0.3 is 0 Å². The average Bonchev–Trinajstić information content (AvgIpc) is 3.20. The fourth-order valence-electron chi connectivity index (χ4n) is 3.82. The van der Waals surface area contributed by atoms with E-state index < -0.39 is 0 Å². The van der Waals surface area contributed by atoms with Gasteiger partial charge < -0.3 is 15.0 Å². The molecule has 0 aliphatic carbocycles. The van der Waals surface area contributed by atoms with Crippen molar-refractivity contribution in [2.45, 2.75) is 39.8 Å². The minimum absolute atomic E-state index is 0.192. The molecule has 1 unspecified atom stereocenters. The summed E-state index contributed by atoms with van der Waals surface area (Å²) in [6.45, 7) is 8.84. The predicted molar refractivity (Wildman–Crippen MR) is 111 cm³/mol. The Morgan fingerprint density at radius 2 is 1.93 bits per heavy atom. The van der Waals surface area contributed by atoms with Crippen LogP contribution in [-0.4, -0.2) is 43.7 Å². The Hall–Kier alpha value is -2.70. The van der Waals surface area contributed by atoms with Gasteiger partial charge in [-0.2, -0.15) is 4.98 Å². The topological polar surface area (TPSA) is 66.2 Å². The Labute approximate surface area is 165 Å². The maximum atomic E-state index is 9.75. The number of nitrogens with one attached hydrogen (secondary N) is 1. The number of aliphatic hydroxyl groups is 1. The zero-order valence-electron chi connectivity index (χ0n) is 16.7. The normalized spacial score (nSPS) is 17.2. The number of β-amino-alcohol motifs (C(OH)–C–C–N with tert-alkyl or cyclic N) is 1. The second-order valence-corrected chi connectivity index (χ2v) is 7.79. The third-order valence-electron chi connectivity index (χ3n) is 5.16. The summed E-state index contributed by atoms with van der Waals surface area (Å²) in [6.07, 6.45) is 6.68. The van der Waals surface area contributed by atoms with Crippen LogP contribution in [0.2, 0.25) is 0 Å². The lowest BCUT2D eigenvalue weighted by molar-refractivity contribution is 0.174. The fraction of sp³-hybridized carbons (Fsp3) is 0.364. The van der Waals surface area contributed by atoms with E-state index in [1.807, 2.05) is 10.6 Å². The van der Waals surface area contributed by atoms with E-state index in [0.717, 1.165) is 37.6 Å². The molecule has 1 saturated heterocycles. The maximum Gasteiger partial charge on any atom is 0.229 e. The first kappa shape index (κ1) is 18.7. The number of aryl methyl sites for hydroxylation is 3. The number of aromatic nitrogens is 3. The van der Waals surface area contributed by atoms with Crippen LogP contribution in [0.5, 0.6) is 0 Å². The number of hydrogen-bond acceptors (Lipinski definition) is 5. The van der Waals surface area contributed by atoms with Gasteiger partial charge in [0.15, 0.2) is 0 Å². The molecule has 1 aromatic carbocycles. The second-order valence-electron chi connectivity index (χ2n) is 7.79. The average molecular weight is 377 g/mol. The Morgan fingerprint density at radius 3 is 2.64 bits per heavy atom. The zero-order chi connectivity index (χ0) is 19.7. The van der Waals surface area contributed by atoms with Crippen LogP contribution in [0.4, 0.5) is 11.6 Å². The lowest BCUT2D eigenvalue weighted by Crippen LogP contribution is -2.21. The van der Waals surface area contributed by atoms with E-state index in [1.54, 1.807) is 6.20 Å². The van der Waals surface area contributed by atoms with Crippen LogP contribution in [0, 0.1) is 20.8 Å². The van der Waals surface area contributed by atoms with Crippen molar-refractivity contribution in [2.75, 3.05) is 18.4 Å². The van der Waals surface area contributed by atoms with Crippen LogP contribution >= 0.6 is 0 Å². The number of likely N-dealkylation sites (tertiary alicyclic amines) is 1. The van der Waals surface area contributed by atoms with Crippen molar-refractivity contribution in [1.29, 1.82) is 0 Å². The highest BCUT2D eigenvalue weighted by Crippen LogP contribution is 2.21. The molecule has 1 fully saturated rings. The van der Waals surface area contributed by atoms with Gasteiger partial charge in [-0.05, 0) is 67.6 Å². The number of benzene rings is 1. The minimum Gasteiger partial charge on any atom is -0.392 e. The standard InChI is InChI=1S/C22H27N5O/c1-15-8-16(2)10-19(9-15)24-22-23-6-4-21(25-22)27-11-17(3)18(13-27)12-26-7-5-20(28)14-26/h4,6,8-11,13,20,28H,5,7,12,14H2,1-3H3,(H,23,24,25). The summed E-state index contributed by atoms with van der Waals surface area (Å²) in [7, 11) is 0. The summed E-state index contributed by atoms with van der Waals surface area (Å²) in [5.41, 5.74) is 5.89. The second kappa shape index (κ2) is 7.73. The summed E-state index contributed by atoms with van der Waals surface area (Å²) in [6, 6.07) is 8.23. The molecule has 1 aliphatic heterocycles. The third kappa shape index (κ3) is 4.24. The summed E-state index contributed by atoms with van der Waals surface area (Å²) < 4.78 is 2.05. The van der Waals surface area contributed by atoms with Crippen molar-refractivity contribution in [3.63, 3.8) is 0 Å². The highest BCUT2D eigenvalue weighted by Gasteiger charge is 2.21. The number of hydrogen-bond donors (Lipinski definition) is 2. The van der Waals surface area contributed by atoms with Crippen LogP contribution in [0.3, 0.4) is 0 Å². The number of anilines is 2. The van der Waals surface area contributed by atoms with Crippen molar-refractivity contribution in [3.05, 3.63) is 65.1 Å². The van der Waals surface area contributed by atoms with Gasteiger partial charge in [-0.15, -0.1) is 0 Å². The molecule has 28 heavy (non-hydrogen) atoms. The number of aliphatic hydroxyl groups excluding tert-OH is 1. The molecule has 2 N–H and O–H groups in total. The monoisotopic (exact) mass is 377 g/mol. The molecular formula is C22H27N5O. The lowest BCUT2D eigenvalue weighted by Gasteiger charge is -2.14. The van der Waals surface area contributed by atoms with Gasteiger partial charge in [0.25, 0.3) is 0 Å². The molecule has 0 bridgehead atoms. The van der Waals surface area contributed by atoms with Crippen LogP contribution < -0.4 is 5.32 Å². The SMILES string of the molecule is Cc1cc(C)cc(Nc2nccc(-n3cc(C)c(CN4CCC(O)C4)c3)n2)c1. The van der Waals surface area contributed by atoms with Crippen molar-refractivity contribution < 1.29 is 5.11 Å². The number of rotatable bonds is 5. The first-order valence-corrected chi connectivity index (χ1v) is 9.73. The van der Waals surface area contributed by atoms with Crippen LogP contribution in [0.25, 0.3) is 5.82 Å². The smallest absolute Gasteiger partial charge is 0.229 e. The summed E-state index contributed by atoms with van der Waals surface area (Å²) >= 11 is 0. The van der Waals surface area contributed by atoms with Gasteiger partial charge in [0.2, 0.25) is 5.95 Å². The van der Waals surface area contributed by atoms with E-state index in [2.05, 4.69) is 71.5 Å². The van der Waals surface area contributed by atoms with Crippen molar-refractivity contribution in [2.24, 2.45) is 0 Å². The van der Waals surface area contributed by atoms with E-state index in [-0.39, 0.29) is 6.10 Å². The molecule has 1 atom stereocenters. The molecule has 3 aromatic rings. The van der Waals surface area contributed by atoms with Crippen LogP contribution in [0.1, 0.15) is 28.7 Å². The van der Waals surface area contributed by atoms with Crippen LogP contribution in [0.15, 0.2) is 42.9 Å². The summed E-state index contributed by atoms with van der Waals surface area (Å²) in [4.78, 5) is 11.3. The Bertz CT molecular complexity index is 961. The van der Waals surface area contributed by atoms with Gasteiger partial charge in [0.05, 0.1) is 6.10 Å². The summed E-state index contributed by atoms with van der Waals surface area (Å²) in [5.74, 6) is 1.41. The zero-order valence-corrected chi connectivity index (χ0v) is 16.7. The van der Waals surface area contributed by atoms with E-state index in [0.29, 0.717) is 5.95 Å². The van der Waals surface area contributed by atoms with E-state index in [1.165, 1.54) is 22.3 Å². The van der Waals surface area contributed by atoms with Crippen molar-refractivity contribution in [3.8, 4) is 5.82 Å². The van der Waals surface area contributed by atoms with Gasteiger partial charge in [-0.3, -0.25) is 4.90 Å². The fourth-order valence-corrected chi connectivity index (χ4v) is 3.82. The Kier molecular flexibility index (Phi) is 5.15. The van der Waals surface area contributed by atoms with E-state index >= 15 is 0 Å². The molecule has 1 aliphatic rings. The minimum atomic E-state index is -0.192. The molecule has 0 radical (unpaired) electrons. The molecule has 2 aromatic heterocycles. The first-order chi connectivity index (χ1) is 13.5. The van der Waals surface area contributed by atoms with Gasteiger partial charge in [0.1, 0.15) is 5.82 Å². The number of nitrogens with zero attached hydrogens (tertiary/aromatic N) is 4. The van der Waals surface area contributed by atoms with Gasteiger partial charge in [0, 0.05) is 43.9 Å². The molecule has 3 heterocycles. The van der Waals surface area contributed by atoms with Gasteiger partial charge in [-0.25, -0.2) is 4.98 Å². The summed E-state index contributed by atoms with van der Waals surface area (Å²) in [5, 5.41) is 13.1. The molecule has 0 amide bonds. The van der Waals surface area contributed by atoms with E-state index in [9.17, 15) is 5.11 Å². The highest BCUT2D eigenvalue weighted by molar-refractivity contribution is 5.56. The van der Waals surface area contributed by atoms with Gasteiger partial charge in [-0.1, -0.05) is 6.07 Å². The first-order valence-electron chi connectivity index (χ1n) is 9.73. The van der Waals surface area contributed by atoms with Crippen molar-refractivity contribution >= 4 is 11.6 Å². The molecule has 146 valence electrons. The molecule has 0 spiro atoms. The molecule has 0 saturated carbocycles. The molecular weight excluding hydrogens is 350 g/mol. The Morgan fingerprint density at radius 1 is 1.14 bits per heavy atom. The highest BCUT2D eigenvalue weighted by atomic mass is 16.3. The quantitative estimate of drug-likeness (QED) is 0.712. The maximum absolute atomic E-state index is 9.75. The molecule has 4 rings (SSSR count). The predicted octanol–water partition coefficient (Wildman–Crippen LogP) is 3.50. The largest absolute Gasteiger partial charge is 0.392 e. The Balaban J connectivity index is 1.53. The lowest BCUT2D eigenvalue weighted by atomic mass is 10.1.